The van der Waals surface area contributed by atoms with E-state index < -0.39 is 0 Å². The fourth-order valence-corrected chi connectivity index (χ4v) is 1.80. The number of hydrogen-bond acceptors (Lipinski definition) is 2. The molecule has 0 spiro atoms. The Morgan fingerprint density at radius 2 is 1.67 bits per heavy atom. The first kappa shape index (κ1) is 12.1. The minimum atomic E-state index is 0.558. The van der Waals surface area contributed by atoms with Gasteiger partial charge in [-0.25, -0.2) is 0 Å². The summed E-state index contributed by atoms with van der Waals surface area (Å²) in [5.41, 5.74) is 3.94. The smallest absolute Gasteiger partial charge is 0.374 e. The standard InChI is InChI=1S/C15H16N3/c1-2-12-7-9-13(10-8-12)11-17-14-5-3-4-6-15(14)18-16/h3-10,17H,2,11H2,1H3/q+1. The summed E-state index contributed by atoms with van der Waals surface area (Å²) < 4.78 is 0. The molecule has 0 radical (unpaired) electrons. The SMILES string of the molecule is CCc1ccc(CNc2ccccc2[N+]#N)cc1. The topological polar surface area (TPSA) is 40.2 Å². The maximum Gasteiger partial charge on any atom is 0.407 e. The van der Waals surface area contributed by atoms with Crippen molar-refractivity contribution in [1.29, 1.82) is 5.39 Å². The van der Waals surface area contributed by atoms with Crippen molar-refractivity contribution in [3.63, 3.8) is 0 Å². The third-order valence-corrected chi connectivity index (χ3v) is 2.93. The second-order valence-corrected chi connectivity index (χ2v) is 4.14. The fourth-order valence-electron chi connectivity index (χ4n) is 1.80. The van der Waals surface area contributed by atoms with E-state index in [0.29, 0.717) is 5.69 Å². The first-order valence-electron chi connectivity index (χ1n) is 6.09. The van der Waals surface area contributed by atoms with Gasteiger partial charge in [0.15, 0.2) is 4.98 Å². The Morgan fingerprint density at radius 3 is 2.33 bits per heavy atom. The van der Waals surface area contributed by atoms with Crippen LogP contribution in [0.5, 0.6) is 0 Å². The highest BCUT2D eigenvalue weighted by molar-refractivity contribution is 5.68. The molecule has 3 heteroatoms. The van der Waals surface area contributed by atoms with Crippen LogP contribution >= 0.6 is 0 Å². The molecule has 0 fully saturated rings. The highest BCUT2D eigenvalue weighted by Crippen LogP contribution is 2.24. The number of diazo groups is 1. The van der Waals surface area contributed by atoms with Gasteiger partial charge >= 0.3 is 5.69 Å². The molecule has 2 aromatic carbocycles. The van der Waals surface area contributed by atoms with E-state index in [2.05, 4.69) is 41.5 Å². The molecule has 0 saturated heterocycles. The van der Waals surface area contributed by atoms with E-state index in [1.807, 2.05) is 18.2 Å². The Morgan fingerprint density at radius 1 is 1.00 bits per heavy atom. The molecular weight excluding hydrogens is 222 g/mol. The number of anilines is 1. The van der Waals surface area contributed by atoms with Crippen molar-refractivity contribution in [2.75, 3.05) is 5.32 Å². The van der Waals surface area contributed by atoms with E-state index in [-0.39, 0.29) is 0 Å². The molecule has 3 nitrogen and oxygen atoms in total. The highest BCUT2D eigenvalue weighted by Gasteiger charge is 2.10. The maximum atomic E-state index is 8.87. The molecule has 0 saturated carbocycles. The van der Waals surface area contributed by atoms with E-state index in [1.165, 1.54) is 11.1 Å². The van der Waals surface area contributed by atoms with Crippen LogP contribution in [0.25, 0.3) is 4.98 Å². The number of benzene rings is 2. The monoisotopic (exact) mass is 238 g/mol. The Hall–Kier alpha value is -2.34. The molecule has 18 heavy (non-hydrogen) atoms. The Bertz CT molecular complexity index is 553. The summed E-state index contributed by atoms with van der Waals surface area (Å²) in [6.45, 7) is 2.86. The van der Waals surface area contributed by atoms with Gasteiger partial charge in [0, 0.05) is 12.6 Å². The number of nitrogens with one attached hydrogen (secondary N) is 1. The van der Waals surface area contributed by atoms with Crippen LogP contribution in [0.4, 0.5) is 11.4 Å². The molecule has 0 aliphatic heterocycles. The average molecular weight is 238 g/mol. The lowest BCUT2D eigenvalue weighted by Gasteiger charge is -2.05. The summed E-state index contributed by atoms with van der Waals surface area (Å²) in [7, 11) is 0. The zero-order valence-corrected chi connectivity index (χ0v) is 10.4. The van der Waals surface area contributed by atoms with E-state index in [0.717, 1.165) is 18.7 Å². The normalized spacial score (nSPS) is 9.78. The van der Waals surface area contributed by atoms with Crippen LogP contribution in [0.2, 0.25) is 0 Å². The Kier molecular flexibility index (Phi) is 3.93. The van der Waals surface area contributed by atoms with Crippen LogP contribution in [-0.4, -0.2) is 0 Å². The molecule has 0 aliphatic carbocycles. The summed E-state index contributed by atoms with van der Waals surface area (Å²) in [4.78, 5) is 3.25. The Balaban J connectivity index is 2.05. The van der Waals surface area contributed by atoms with Crippen molar-refractivity contribution in [1.82, 2.24) is 0 Å². The van der Waals surface area contributed by atoms with E-state index in [1.54, 1.807) is 6.07 Å². The lowest BCUT2D eigenvalue weighted by Crippen LogP contribution is -1.99. The van der Waals surface area contributed by atoms with Gasteiger partial charge in [0.1, 0.15) is 5.69 Å². The zero-order chi connectivity index (χ0) is 12.8. The van der Waals surface area contributed by atoms with Gasteiger partial charge in [-0.15, -0.1) is 0 Å². The van der Waals surface area contributed by atoms with Crippen molar-refractivity contribution in [3.8, 4) is 0 Å². The number of rotatable bonds is 4. The predicted octanol–water partition coefficient (Wildman–Crippen LogP) is 4.35. The first-order valence-corrected chi connectivity index (χ1v) is 6.09. The van der Waals surface area contributed by atoms with Crippen molar-refractivity contribution in [2.24, 2.45) is 0 Å². The highest BCUT2D eigenvalue weighted by atomic mass is 14.9. The van der Waals surface area contributed by atoms with Crippen LogP contribution in [0.15, 0.2) is 48.5 Å². The number of para-hydroxylation sites is 1. The lowest BCUT2D eigenvalue weighted by atomic mass is 10.1. The maximum absolute atomic E-state index is 8.87. The Labute approximate surface area is 107 Å². The van der Waals surface area contributed by atoms with Crippen molar-refractivity contribution in [2.45, 2.75) is 19.9 Å². The average Bonchev–Trinajstić information content (AvgIpc) is 2.46. The van der Waals surface area contributed by atoms with Gasteiger partial charge in [0.25, 0.3) is 0 Å². The molecule has 0 unspecified atom stereocenters. The summed E-state index contributed by atoms with van der Waals surface area (Å²) in [5, 5.41) is 12.1. The predicted molar refractivity (Wildman–Crippen MR) is 74.3 cm³/mol. The summed E-state index contributed by atoms with van der Waals surface area (Å²) in [6, 6.07) is 15.9. The quantitative estimate of drug-likeness (QED) is 0.804. The summed E-state index contributed by atoms with van der Waals surface area (Å²) >= 11 is 0. The minimum absolute atomic E-state index is 0.558. The van der Waals surface area contributed by atoms with Crippen molar-refractivity contribution in [3.05, 3.63) is 64.6 Å². The van der Waals surface area contributed by atoms with Gasteiger partial charge in [0.05, 0.1) is 0 Å². The van der Waals surface area contributed by atoms with E-state index in [9.17, 15) is 0 Å². The van der Waals surface area contributed by atoms with Crippen LogP contribution in [-0.2, 0) is 13.0 Å². The third-order valence-electron chi connectivity index (χ3n) is 2.93. The molecular formula is C15H16N3+. The molecule has 1 N–H and O–H groups in total. The minimum Gasteiger partial charge on any atom is -0.374 e. The lowest BCUT2D eigenvalue weighted by molar-refractivity contribution is 1.11. The van der Waals surface area contributed by atoms with Gasteiger partial charge in [0.2, 0.25) is 5.39 Å². The van der Waals surface area contributed by atoms with Crippen molar-refractivity contribution < 1.29 is 0 Å². The zero-order valence-electron chi connectivity index (χ0n) is 10.4. The number of aryl methyl sites for hydroxylation is 1. The van der Waals surface area contributed by atoms with Crippen LogP contribution in [0.3, 0.4) is 0 Å². The molecule has 2 rings (SSSR count). The molecule has 0 heterocycles. The molecule has 0 aromatic heterocycles. The largest absolute Gasteiger partial charge is 0.407 e. The van der Waals surface area contributed by atoms with Gasteiger partial charge in [-0.3, -0.25) is 0 Å². The first-order chi connectivity index (χ1) is 8.83. The second kappa shape index (κ2) is 5.83. The third kappa shape index (κ3) is 2.86. The van der Waals surface area contributed by atoms with Gasteiger partial charge in [-0.05, 0) is 23.6 Å². The van der Waals surface area contributed by atoms with Gasteiger partial charge in [-0.2, -0.15) is 0 Å². The van der Waals surface area contributed by atoms with Crippen molar-refractivity contribution >= 4 is 11.4 Å². The van der Waals surface area contributed by atoms with Crippen LogP contribution in [0, 0.1) is 5.39 Å². The van der Waals surface area contributed by atoms with Gasteiger partial charge < -0.3 is 5.32 Å². The molecule has 0 amide bonds. The second-order valence-electron chi connectivity index (χ2n) is 4.14. The summed E-state index contributed by atoms with van der Waals surface area (Å²) in [5.74, 6) is 0. The van der Waals surface area contributed by atoms with E-state index >= 15 is 0 Å². The van der Waals surface area contributed by atoms with Crippen LogP contribution in [0.1, 0.15) is 18.1 Å². The molecule has 0 bridgehead atoms. The van der Waals surface area contributed by atoms with Gasteiger partial charge in [-0.1, -0.05) is 43.3 Å². The molecule has 90 valence electrons. The molecule has 0 atom stereocenters. The summed E-state index contributed by atoms with van der Waals surface area (Å²) in [6.07, 6.45) is 1.06. The number of hydrogen-bond donors (Lipinski definition) is 1. The molecule has 0 aliphatic rings. The van der Waals surface area contributed by atoms with Crippen LogP contribution < -0.4 is 5.32 Å². The number of nitrogens with zero attached hydrogens (tertiary/aromatic N) is 2. The fraction of sp³-hybridized carbons (Fsp3) is 0.200. The molecule has 2 aromatic rings. The van der Waals surface area contributed by atoms with E-state index in [4.69, 9.17) is 5.39 Å².